The van der Waals surface area contributed by atoms with Crippen molar-refractivity contribution >= 4 is 0 Å². The molecule has 17 heavy (non-hydrogen) atoms. The topological polar surface area (TPSA) is 38.0 Å². The van der Waals surface area contributed by atoms with Gasteiger partial charge in [0.15, 0.2) is 0 Å². The first kappa shape index (κ1) is 13.7. The zero-order valence-electron chi connectivity index (χ0n) is 10.3. The summed E-state index contributed by atoms with van der Waals surface area (Å²) >= 11 is 0. The van der Waals surface area contributed by atoms with Crippen LogP contribution in [0, 0.1) is 18.2 Å². The average molecular weight is 234 g/mol. The Morgan fingerprint density at radius 1 is 1.53 bits per heavy atom. The molecule has 0 aliphatic carbocycles. The molecule has 2 unspecified atom stereocenters. The number of benzene rings is 1. The lowest BCUT2D eigenvalue weighted by molar-refractivity contribution is 0.344. The van der Waals surface area contributed by atoms with Crippen LogP contribution in [0.1, 0.15) is 19.4 Å². The summed E-state index contributed by atoms with van der Waals surface area (Å²) in [6.07, 6.45) is 5.85. The fourth-order valence-corrected chi connectivity index (χ4v) is 1.81. The maximum atomic E-state index is 13.6. The quantitative estimate of drug-likeness (QED) is 0.761. The van der Waals surface area contributed by atoms with Crippen molar-refractivity contribution in [2.75, 3.05) is 6.54 Å². The monoisotopic (exact) mass is 234 g/mol. The third-order valence-corrected chi connectivity index (χ3v) is 2.80. The van der Waals surface area contributed by atoms with Crippen LogP contribution >= 0.6 is 0 Å². The molecule has 0 fully saturated rings. The van der Waals surface area contributed by atoms with E-state index in [0.717, 1.165) is 0 Å². The number of terminal acetylenes is 1. The summed E-state index contributed by atoms with van der Waals surface area (Å²) in [7, 11) is 0. The van der Waals surface area contributed by atoms with E-state index in [1.165, 1.54) is 6.07 Å². The molecule has 2 atom stereocenters. The summed E-state index contributed by atoms with van der Waals surface area (Å²) in [5.74, 6) is 2.39. The van der Waals surface area contributed by atoms with Gasteiger partial charge in [-0.25, -0.2) is 4.39 Å². The summed E-state index contributed by atoms with van der Waals surface area (Å²) in [5, 5.41) is 3.24. The molecule has 3 N–H and O–H groups in total. The summed E-state index contributed by atoms with van der Waals surface area (Å²) < 4.78 is 13.6. The predicted molar refractivity (Wildman–Crippen MR) is 69.0 cm³/mol. The van der Waals surface area contributed by atoms with Crippen molar-refractivity contribution in [3.63, 3.8) is 0 Å². The molecule has 1 aromatic rings. The molecule has 1 rings (SSSR count). The third-order valence-electron chi connectivity index (χ3n) is 2.80. The van der Waals surface area contributed by atoms with Crippen LogP contribution in [0.25, 0.3) is 0 Å². The van der Waals surface area contributed by atoms with E-state index in [2.05, 4.69) is 11.2 Å². The lowest BCUT2D eigenvalue weighted by Gasteiger charge is -2.31. The molecule has 0 saturated heterocycles. The molecule has 3 heteroatoms. The molecule has 0 aliphatic heterocycles. The molecular formula is C14H19FN2. The van der Waals surface area contributed by atoms with Crippen molar-refractivity contribution in [3.05, 3.63) is 35.6 Å². The maximum Gasteiger partial charge on any atom is 0.126 e. The average Bonchev–Trinajstić information content (AvgIpc) is 2.32. The van der Waals surface area contributed by atoms with Crippen LogP contribution in [0.5, 0.6) is 0 Å². The van der Waals surface area contributed by atoms with Crippen LogP contribution in [0.3, 0.4) is 0 Å². The van der Waals surface area contributed by atoms with Gasteiger partial charge >= 0.3 is 0 Å². The molecule has 0 bridgehead atoms. The molecule has 0 heterocycles. The molecule has 0 radical (unpaired) electrons. The van der Waals surface area contributed by atoms with Gasteiger partial charge in [-0.1, -0.05) is 24.1 Å². The molecule has 1 aromatic carbocycles. The standard InChI is InChI=1S/C14H19FN2/c1-4-11(2)17-14(3,10-16)9-12-7-5-6-8-13(12)15/h1,5-8,11,17H,9-10,16H2,2-3H3. The van der Waals surface area contributed by atoms with Gasteiger partial charge in [0.1, 0.15) is 5.82 Å². The second kappa shape index (κ2) is 5.81. The highest BCUT2D eigenvalue weighted by Gasteiger charge is 2.25. The van der Waals surface area contributed by atoms with Crippen molar-refractivity contribution in [2.24, 2.45) is 5.73 Å². The first-order chi connectivity index (χ1) is 8.00. The van der Waals surface area contributed by atoms with Crippen LogP contribution in [-0.2, 0) is 6.42 Å². The number of rotatable bonds is 5. The van der Waals surface area contributed by atoms with Gasteiger partial charge in [-0.2, -0.15) is 0 Å². The molecular weight excluding hydrogens is 215 g/mol. The number of halogens is 1. The van der Waals surface area contributed by atoms with Crippen molar-refractivity contribution in [1.82, 2.24) is 5.32 Å². The number of nitrogens with one attached hydrogen (secondary N) is 1. The van der Waals surface area contributed by atoms with Crippen LogP contribution in [0.15, 0.2) is 24.3 Å². The molecule has 0 spiro atoms. The van der Waals surface area contributed by atoms with Crippen molar-refractivity contribution in [3.8, 4) is 12.3 Å². The normalized spacial score (nSPS) is 15.9. The second-order valence-electron chi connectivity index (χ2n) is 4.57. The van der Waals surface area contributed by atoms with Crippen molar-refractivity contribution < 1.29 is 4.39 Å². The number of nitrogens with two attached hydrogens (primary N) is 1. The van der Waals surface area contributed by atoms with Crippen molar-refractivity contribution in [1.29, 1.82) is 0 Å². The Morgan fingerprint density at radius 3 is 2.71 bits per heavy atom. The highest BCUT2D eigenvalue weighted by Crippen LogP contribution is 2.16. The molecule has 92 valence electrons. The smallest absolute Gasteiger partial charge is 0.126 e. The van der Waals surface area contributed by atoms with Crippen LogP contribution in [0.2, 0.25) is 0 Å². The molecule has 0 saturated carbocycles. The van der Waals surface area contributed by atoms with Crippen LogP contribution < -0.4 is 11.1 Å². The highest BCUT2D eigenvalue weighted by molar-refractivity contribution is 5.20. The van der Waals surface area contributed by atoms with E-state index in [1.807, 2.05) is 19.9 Å². The van der Waals surface area contributed by atoms with Gasteiger partial charge in [-0.3, -0.25) is 5.32 Å². The van der Waals surface area contributed by atoms with E-state index >= 15 is 0 Å². The van der Waals surface area contributed by atoms with E-state index in [1.54, 1.807) is 12.1 Å². The first-order valence-corrected chi connectivity index (χ1v) is 5.68. The van der Waals surface area contributed by atoms with Gasteiger partial charge in [-0.15, -0.1) is 6.42 Å². The van der Waals surface area contributed by atoms with Gasteiger partial charge in [0.05, 0.1) is 6.04 Å². The summed E-state index contributed by atoms with van der Waals surface area (Å²) in [6.45, 7) is 4.23. The molecule has 0 aliphatic rings. The minimum absolute atomic E-state index is 0.0877. The van der Waals surface area contributed by atoms with Gasteiger partial charge in [0, 0.05) is 12.1 Å². The Bertz CT molecular complexity index is 411. The Balaban J connectivity index is 2.83. The largest absolute Gasteiger partial charge is 0.329 e. The summed E-state index contributed by atoms with van der Waals surface area (Å²) in [5.41, 5.74) is 6.01. The highest BCUT2D eigenvalue weighted by atomic mass is 19.1. The predicted octanol–water partition coefficient (Wildman–Crippen LogP) is 1.70. The molecule has 0 aromatic heterocycles. The van der Waals surface area contributed by atoms with E-state index in [9.17, 15) is 4.39 Å². The SMILES string of the molecule is C#CC(C)NC(C)(CN)Cc1ccccc1F. The Kier molecular flexibility index (Phi) is 4.68. The van der Waals surface area contributed by atoms with Gasteiger partial charge in [-0.05, 0) is 31.9 Å². The van der Waals surface area contributed by atoms with Gasteiger partial charge in [0.2, 0.25) is 0 Å². The van der Waals surface area contributed by atoms with Crippen LogP contribution in [-0.4, -0.2) is 18.1 Å². The first-order valence-electron chi connectivity index (χ1n) is 5.68. The zero-order valence-corrected chi connectivity index (χ0v) is 10.3. The lowest BCUT2D eigenvalue weighted by atomic mass is 9.91. The van der Waals surface area contributed by atoms with Gasteiger partial charge < -0.3 is 5.73 Å². The Morgan fingerprint density at radius 2 is 2.18 bits per heavy atom. The minimum Gasteiger partial charge on any atom is -0.329 e. The maximum absolute atomic E-state index is 13.6. The number of hydrogen-bond acceptors (Lipinski definition) is 2. The fourth-order valence-electron chi connectivity index (χ4n) is 1.81. The van der Waals surface area contributed by atoms with Crippen LogP contribution in [0.4, 0.5) is 4.39 Å². The zero-order chi connectivity index (χ0) is 12.9. The lowest BCUT2D eigenvalue weighted by Crippen LogP contribution is -2.53. The minimum atomic E-state index is -0.395. The van der Waals surface area contributed by atoms with E-state index in [0.29, 0.717) is 18.5 Å². The van der Waals surface area contributed by atoms with E-state index < -0.39 is 5.54 Å². The van der Waals surface area contributed by atoms with E-state index in [4.69, 9.17) is 12.2 Å². The van der Waals surface area contributed by atoms with Crippen molar-refractivity contribution in [2.45, 2.75) is 31.8 Å². The summed E-state index contributed by atoms with van der Waals surface area (Å²) in [6, 6.07) is 6.63. The van der Waals surface area contributed by atoms with Gasteiger partial charge in [0.25, 0.3) is 0 Å². The molecule has 2 nitrogen and oxygen atoms in total. The Labute approximate surface area is 102 Å². The summed E-state index contributed by atoms with van der Waals surface area (Å²) in [4.78, 5) is 0. The third kappa shape index (κ3) is 3.85. The Hall–Kier alpha value is -1.37. The second-order valence-corrected chi connectivity index (χ2v) is 4.57. The van der Waals surface area contributed by atoms with E-state index in [-0.39, 0.29) is 11.9 Å². The fraction of sp³-hybridized carbons (Fsp3) is 0.429. The number of hydrogen-bond donors (Lipinski definition) is 2. The molecule has 0 amide bonds.